The molecule has 224 valence electrons. The summed E-state index contributed by atoms with van der Waals surface area (Å²) in [5.41, 5.74) is 7.42. The van der Waals surface area contributed by atoms with Gasteiger partial charge in [0.2, 0.25) is 11.8 Å². The Labute approximate surface area is 241 Å². The number of aliphatic hydroxyl groups excluding tert-OH is 1. The van der Waals surface area contributed by atoms with Crippen LogP contribution >= 0.6 is 11.8 Å². The van der Waals surface area contributed by atoms with Crippen molar-refractivity contribution in [1.29, 1.82) is 0 Å². The van der Waals surface area contributed by atoms with Gasteiger partial charge in [-0.25, -0.2) is 13.2 Å². The lowest BCUT2D eigenvalue weighted by molar-refractivity contribution is -0.136. The summed E-state index contributed by atoms with van der Waals surface area (Å²) >= 11 is 1.32. The van der Waals surface area contributed by atoms with Crippen LogP contribution in [0.25, 0.3) is 0 Å². The van der Waals surface area contributed by atoms with Gasteiger partial charge in [0, 0.05) is 49.6 Å². The molecule has 0 aliphatic carbocycles. The van der Waals surface area contributed by atoms with Gasteiger partial charge in [-0.3, -0.25) is 14.4 Å². The Bertz CT molecular complexity index is 1220. The van der Waals surface area contributed by atoms with Crippen molar-refractivity contribution in [3.63, 3.8) is 0 Å². The van der Waals surface area contributed by atoms with Crippen LogP contribution in [0, 0.1) is 23.4 Å². The number of nitrogens with zero attached hydrogens (tertiary/aromatic N) is 1. The number of rotatable bonds is 13. The lowest BCUT2D eigenvalue weighted by Crippen LogP contribution is -2.46. The predicted octanol–water partition coefficient (Wildman–Crippen LogP) is 2.13. The first-order chi connectivity index (χ1) is 19.5. The molecule has 3 rings (SSSR count). The molecular weight excluding hydrogens is 559 g/mol. The summed E-state index contributed by atoms with van der Waals surface area (Å²) in [7, 11) is 0. The Morgan fingerprint density at radius 2 is 1.76 bits per heavy atom. The van der Waals surface area contributed by atoms with Gasteiger partial charge in [-0.15, -0.1) is 11.8 Å². The number of carbonyl (C=O) groups is 3. The molecule has 2 aromatic carbocycles. The van der Waals surface area contributed by atoms with Crippen LogP contribution in [0.3, 0.4) is 0 Å². The molecule has 1 fully saturated rings. The van der Waals surface area contributed by atoms with E-state index in [0.29, 0.717) is 18.4 Å². The second kappa shape index (κ2) is 15.1. The standard InChI is InChI=1S/C28H36F3N5O4S/c1-16(2)25(26(39)33-7-9-37)35-20-5-3-17(4-6-20)15-34-27(40)28-36(8-10-41-28)24(38)13-19(32)11-18-12-22(30)23(31)14-21(18)29/h3-6,12,14,16,19,25,28,35,37H,7-11,13,15,32H2,1-2H3,(H,33,39)(H,34,40)/t19-,25?,28+/m1/s1. The number of nitrogens with one attached hydrogen (secondary N) is 3. The summed E-state index contributed by atoms with van der Waals surface area (Å²) in [4.78, 5) is 39.6. The van der Waals surface area contributed by atoms with Crippen LogP contribution in [0.2, 0.25) is 0 Å². The van der Waals surface area contributed by atoms with Gasteiger partial charge in [0.25, 0.3) is 5.91 Å². The molecule has 3 atom stereocenters. The highest BCUT2D eigenvalue weighted by Crippen LogP contribution is 2.25. The van der Waals surface area contributed by atoms with E-state index < -0.39 is 34.9 Å². The third kappa shape index (κ3) is 9.10. The molecule has 0 bridgehead atoms. The SMILES string of the molecule is CC(C)C(Nc1ccc(CNC(=O)[C@@H]2SCCN2C(=O)C[C@H](N)Cc2cc(F)c(F)cc2F)cc1)C(=O)NCCO. The summed E-state index contributed by atoms with van der Waals surface area (Å²) in [6.07, 6.45) is -0.352. The number of amides is 3. The van der Waals surface area contributed by atoms with Gasteiger partial charge in [0.05, 0.1) is 6.61 Å². The molecule has 13 heteroatoms. The molecule has 1 unspecified atom stereocenters. The maximum Gasteiger partial charge on any atom is 0.253 e. The fourth-order valence-corrected chi connectivity index (χ4v) is 5.52. The molecule has 0 saturated carbocycles. The van der Waals surface area contributed by atoms with Crippen LogP contribution in [0.1, 0.15) is 31.4 Å². The molecule has 2 aromatic rings. The molecular formula is C28H36F3N5O4S. The van der Waals surface area contributed by atoms with Crippen molar-refractivity contribution in [3.05, 3.63) is 65.0 Å². The molecule has 1 aliphatic rings. The van der Waals surface area contributed by atoms with Gasteiger partial charge >= 0.3 is 0 Å². The van der Waals surface area contributed by atoms with Crippen LogP contribution in [0.5, 0.6) is 0 Å². The number of nitrogens with two attached hydrogens (primary N) is 1. The minimum absolute atomic E-state index is 0.00357. The van der Waals surface area contributed by atoms with Gasteiger partial charge in [-0.1, -0.05) is 26.0 Å². The van der Waals surface area contributed by atoms with Gasteiger partial charge in [0.1, 0.15) is 11.9 Å². The Morgan fingerprint density at radius 3 is 2.41 bits per heavy atom. The van der Waals surface area contributed by atoms with Gasteiger partial charge < -0.3 is 31.7 Å². The third-order valence-corrected chi connectivity index (χ3v) is 7.75. The number of aliphatic hydroxyl groups is 1. The molecule has 9 nitrogen and oxygen atoms in total. The Balaban J connectivity index is 1.51. The van der Waals surface area contributed by atoms with E-state index in [9.17, 15) is 27.6 Å². The minimum atomic E-state index is -1.30. The third-order valence-electron chi connectivity index (χ3n) is 6.55. The number of anilines is 1. The molecule has 6 N–H and O–H groups in total. The summed E-state index contributed by atoms with van der Waals surface area (Å²) < 4.78 is 40.6. The molecule has 1 saturated heterocycles. The fourth-order valence-electron chi connectivity index (χ4n) is 4.36. The summed E-state index contributed by atoms with van der Waals surface area (Å²) in [6.45, 7) is 4.42. The highest BCUT2D eigenvalue weighted by atomic mass is 32.2. The first kappa shape index (κ1) is 32.2. The number of hydrogen-bond acceptors (Lipinski definition) is 7. The van der Waals surface area contributed by atoms with E-state index in [2.05, 4.69) is 16.0 Å². The number of thioether (sulfide) groups is 1. The zero-order chi connectivity index (χ0) is 30.1. The molecule has 0 spiro atoms. The van der Waals surface area contributed by atoms with Gasteiger partial charge in [-0.2, -0.15) is 0 Å². The van der Waals surface area contributed by atoms with Crippen molar-refractivity contribution in [2.24, 2.45) is 11.7 Å². The molecule has 1 heterocycles. The first-order valence-electron chi connectivity index (χ1n) is 13.3. The highest BCUT2D eigenvalue weighted by Gasteiger charge is 2.35. The lowest BCUT2D eigenvalue weighted by atomic mass is 10.0. The quantitative estimate of drug-likeness (QED) is 0.224. The molecule has 1 aliphatic heterocycles. The number of halogens is 3. The number of hydrogen-bond donors (Lipinski definition) is 5. The second-order valence-electron chi connectivity index (χ2n) is 10.1. The van der Waals surface area contributed by atoms with Gasteiger partial charge in [0.15, 0.2) is 17.0 Å². The van der Waals surface area contributed by atoms with E-state index in [1.54, 1.807) is 12.1 Å². The van der Waals surface area contributed by atoms with Crippen LogP contribution in [-0.2, 0) is 27.3 Å². The van der Waals surface area contributed by atoms with Crippen molar-refractivity contribution in [2.45, 2.75) is 50.7 Å². The van der Waals surface area contributed by atoms with Crippen LogP contribution in [0.15, 0.2) is 36.4 Å². The average molecular weight is 596 g/mol. The van der Waals surface area contributed by atoms with Gasteiger partial charge in [-0.05, 0) is 41.7 Å². The van der Waals surface area contributed by atoms with E-state index >= 15 is 0 Å². The van der Waals surface area contributed by atoms with Crippen molar-refractivity contribution in [3.8, 4) is 0 Å². The van der Waals surface area contributed by atoms with Crippen LogP contribution in [0.4, 0.5) is 18.9 Å². The Hall–Kier alpha value is -3.29. The summed E-state index contributed by atoms with van der Waals surface area (Å²) in [5, 5.41) is 16.9. The topological polar surface area (TPSA) is 137 Å². The fraction of sp³-hybridized carbons (Fsp3) is 0.464. The van der Waals surface area contributed by atoms with Crippen molar-refractivity contribution >= 4 is 35.2 Å². The molecule has 0 radical (unpaired) electrons. The first-order valence-corrected chi connectivity index (χ1v) is 14.4. The molecule has 3 amide bonds. The maximum absolute atomic E-state index is 14.0. The Kier molecular flexibility index (Phi) is 11.9. The maximum atomic E-state index is 14.0. The largest absolute Gasteiger partial charge is 0.395 e. The number of carbonyl (C=O) groups excluding carboxylic acids is 3. The second-order valence-corrected chi connectivity index (χ2v) is 11.3. The zero-order valence-electron chi connectivity index (χ0n) is 23.0. The zero-order valence-corrected chi connectivity index (χ0v) is 23.8. The summed E-state index contributed by atoms with van der Waals surface area (Å²) in [6, 6.07) is 7.07. The van der Waals surface area contributed by atoms with Crippen LogP contribution < -0.4 is 21.7 Å². The smallest absolute Gasteiger partial charge is 0.253 e. The van der Waals surface area contributed by atoms with Crippen LogP contribution in [-0.4, -0.2) is 70.6 Å². The minimum Gasteiger partial charge on any atom is -0.395 e. The number of benzene rings is 2. The average Bonchev–Trinajstić information content (AvgIpc) is 3.43. The Morgan fingerprint density at radius 1 is 1.07 bits per heavy atom. The predicted molar refractivity (Wildman–Crippen MR) is 151 cm³/mol. The van der Waals surface area contributed by atoms with E-state index in [4.69, 9.17) is 10.8 Å². The van der Waals surface area contributed by atoms with E-state index in [0.717, 1.165) is 17.3 Å². The monoisotopic (exact) mass is 595 g/mol. The van der Waals surface area contributed by atoms with E-state index in [-0.39, 0.29) is 61.7 Å². The highest BCUT2D eigenvalue weighted by molar-refractivity contribution is 8.00. The van der Waals surface area contributed by atoms with E-state index in [1.807, 2.05) is 26.0 Å². The van der Waals surface area contributed by atoms with Crippen molar-refractivity contribution in [2.75, 3.05) is 30.8 Å². The van der Waals surface area contributed by atoms with Crippen molar-refractivity contribution < 1.29 is 32.7 Å². The normalized spacial score (nSPS) is 16.4. The molecule has 0 aromatic heterocycles. The van der Waals surface area contributed by atoms with E-state index in [1.165, 1.54) is 16.7 Å². The van der Waals surface area contributed by atoms with Crippen molar-refractivity contribution in [1.82, 2.24) is 15.5 Å². The summed E-state index contributed by atoms with van der Waals surface area (Å²) in [5.74, 6) is -3.81. The molecule has 41 heavy (non-hydrogen) atoms. The lowest BCUT2D eigenvalue weighted by Gasteiger charge is -2.24.